The largest absolute Gasteiger partial charge is 0.380 e. The Morgan fingerprint density at radius 3 is 2.50 bits per heavy atom. The lowest BCUT2D eigenvalue weighted by Crippen LogP contribution is -2.34. The Kier molecular flexibility index (Phi) is 3.87. The van der Waals surface area contributed by atoms with E-state index in [0.717, 1.165) is 19.3 Å². The summed E-state index contributed by atoms with van der Waals surface area (Å²) in [6.45, 7) is 1.18. The molecule has 2 rings (SSSR count). The van der Waals surface area contributed by atoms with Gasteiger partial charge in [0.15, 0.2) is 0 Å². The highest BCUT2D eigenvalue weighted by Gasteiger charge is 2.33. The van der Waals surface area contributed by atoms with Gasteiger partial charge in [-0.2, -0.15) is 4.31 Å². The Morgan fingerprint density at radius 1 is 1.25 bits per heavy atom. The fourth-order valence-electron chi connectivity index (χ4n) is 2.72. The van der Waals surface area contributed by atoms with Crippen molar-refractivity contribution in [3.63, 3.8) is 0 Å². The van der Waals surface area contributed by atoms with Gasteiger partial charge in [-0.1, -0.05) is 12.8 Å². The summed E-state index contributed by atoms with van der Waals surface area (Å²) in [5.41, 5.74) is 0. The summed E-state index contributed by atoms with van der Waals surface area (Å²) in [6.07, 6.45) is 5.49. The molecule has 1 unspecified atom stereocenters. The molecule has 0 aromatic heterocycles. The lowest BCUT2D eigenvalue weighted by Gasteiger charge is -2.18. The van der Waals surface area contributed by atoms with Crippen molar-refractivity contribution in [1.29, 1.82) is 0 Å². The highest BCUT2D eigenvalue weighted by Crippen LogP contribution is 2.28. The van der Waals surface area contributed by atoms with Crippen molar-refractivity contribution in [1.82, 2.24) is 4.31 Å². The van der Waals surface area contributed by atoms with Crippen LogP contribution in [0.15, 0.2) is 0 Å². The first kappa shape index (κ1) is 12.3. The second-order valence-corrected chi connectivity index (χ2v) is 6.95. The van der Waals surface area contributed by atoms with Crippen molar-refractivity contribution in [2.45, 2.75) is 38.2 Å². The quantitative estimate of drug-likeness (QED) is 0.750. The zero-order valence-electron chi connectivity index (χ0n) is 9.89. The second kappa shape index (κ2) is 5.02. The van der Waals surface area contributed by atoms with Gasteiger partial charge in [-0.25, -0.2) is 8.42 Å². The van der Waals surface area contributed by atoms with Gasteiger partial charge in [-0.15, -0.1) is 0 Å². The van der Waals surface area contributed by atoms with Gasteiger partial charge >= 0.3 is 0 Å². The summed E-state index contributed by atoms with van der Waals surface area (Å²) in [5.74, 6) is 0.746. The fraction of sp³-hybridized carbons (Fsp3) is 1.00. The minimum Gasteiger partial charge on any atom is -0.380 e. The van der Waals surface area contributed by atoms with Crippen molar-refractivity contribution < 1.29 is 13.2 Å². The van der Waals surface area contributed by atoms with Gasteiger partial charge in [-0.05, 0) is 25.2 Å². The molecule has 5 heteroatoms. The standard InChI is InChI=1S/C11H21NO3S/c1-15-11-6-7-12(8-11)16(13,14)9-10-4-2-3-5-10/h10-11H,2-9H2,1H3. The number of nitrogens with zero attached hydrogens (tertiary/aromatic N) is 1. The molecule has 0 N–H and O–H groups in total. The monoisotopic (exact) mass is 247 g/mol. The molecule has 0 aromatic rings. The zero-order valence-corrected chi connectivity index (χ0v) is 10.7. The maximum absolute atomic E-state index is 12.1. The summed E-state index contributed by atoms with van der Waals surface area (Å²) >= 11 is 0. The van der Waals surface area contributed by atoms with Gasteiger partial charge in [0.25, 0.3) is 0 Å². The van der Waals surface area contributed by atoms with Crippen molar-refractivity contribution in [3.8, 4) is 0 Å². The van der Waals surface area contributed by atoms with Crippen LogP contribution < -0.4 is 0 Å². The normalized spacial score (nSPS) is 28.9. The summed E-state index contributed by atoms with van der Waals surface area (Å²) in [7, 11) is -1.38. The molecular formula is C11H21NO3S. The van der Waals surface area contributed by atoms with Crippen molar-refractivity contribution in [3.05, 3.63) is 0 Å². The van der Waals surface area contributed by atoms with Gasteiger partial charge in [-0.3, -0.25) is 0 Å². The van der Waals surface area contributed by atoms with E-state index in [9.17, 15) is 8.42 Å². The molecular weight excluding hydrogens is 226 g/mol. The van der Waals surface area contributed by atoms with Crippen LogP contribution in [-0.4, -0.2) is 44.8 Å². The Balaban J connectivity index is 1.91. The van der Waals surface area contributed by atoms with Crippen molar-refractivity contribution in [2.24, 2.45) is 5.92 Å². The summed E-state index contributed by atoms with van der Waals surface area (Å²) < 4.78 is 31.1. The van der Waals surface area contributed by atoms with Crippen LogP contribution in [0, 0.1) is 5.92 Å². The Labute approximate surface area is 98.0 Å². The maximum Gasteiger partial charge on any atom is 0.214 e. The second-order valence-electron chi connectivity index (χ2n) is 4.93. The van der Waals surface area contributed by atoms with E-state index < -0.39 is 10.0 Å². The van der Waals surface area contributed by atoms with Gasteiger partial charge < -0.3 is 4.74 Å². The summed E-state index contributed by atoms with van der Waals surface area (Å²) in [6, 6.07) is 0. The highest BCUT2D eigenvalue weighted by molar-refractivity contribution is 7.89. The van der Waals surface area contributed by atoms with E-state index in [1.165, 1.54) is 12.8 Å². The number of rotatable bonds is 4. The van der Waals surface area contributed by atoms with E-state index in [1.54, 1.807) is 11.4 Å². The SMILES string of the molecule is COC1CCN(S(=O)(=O)CC2CCCC2)C1. The zero-order chi connectivity index (χ0) is 11.6. The average Bonchev–Trinajstić information content (AvgIpc) is 2.85. The molecule has 0 radical (unpaired) electrons. The summed E-state index contributed by atoms with van der Waals surface area (Å²) in [4.78, 5) is 0. The molecule has 2 fully saturated rings. The fourth-order valence-corrected chi connectivity index (χ4v) is 4.64. The van der Waals surface area contributed by atoms with Crippen LogP contribution in [0.3, 0.4) is 0 Å². The molecule has 1 saturated heterocycles. The first-order valence-corrected chi connectivity index (χ1v) is 7.73. The molecule has 1 heterocycles. The van der Waals surface area contributed by atoms with Gasteiger partial charge in [0.2, 0.25) is 10.0 Å². The van der Waals surface area contributed by atoms with E-state index in [1.807, 2.05) is 0 Å². The van der Waals surface area contributed by atoms with Crippen molar-refractivity contribution >= 4 is 10.0 Å². The third-order valence-corrected chi connectivity index (χ3v) is 5.77. The molecule has 0 spiro atoms. The van der Waals surface area contributed by atoms with E-state index >= 15 is 0 Å². The van der Waals surface area contributed by atoms with Gasteiger partial charge in [0, 0.05) is 20.2 Å². The average molecular weight is 247 g/mol. The van der Waals surface area contributed by atoms with Crippen LogP contribution in [0.2, 0.25) is 0 Å². The van der Waals surface area contributed by atoms with Gasteiger partial charge in [0.05, 0.1) is 11.9 Å². The van der Waals surface area contributed by atoms with Crippen LogP contribution >= 0.6 is 0 Å². The summed E-state index contributed by atoms with van der Waals surface area (Å²) in [5, 5.41) is 0. The number of sulfonamides is 1. The Bertz CT molecular complexity index is 322. The van der Waals surface area contributed by atoms with E-state index in [0.29, 0.717) is 24.8 Å². The number of hydrogen-bond donors (Lipinski definition) is 0. The van der Waals surface area contributed by atoms with Crippen LogP contribution in [0.25, 0.3) is 0 Å². The Hall–Kier alpha value is -0.130. The highest BCUT2D eigenvalue weighted by atomic mass is 32.2. The van der Waals surface area contributed by atoms with Crippen LogP contribution in [0.4, 0.5) is 0 Å². The topological polar surface area (TPSA) is 46.6 Å². The van der Waals surface area contributed by atoms with Gasteiger partial charge in [0.1, 0.15) is 0 Å². The number of ether oxygens (including phenoxy) is 1. The van der Waals surface area contributed by atoms with Crippen LogP contribution in [0.5, 0.6) is 0 Å². The molecule has 16 heavy (non-hydrogen) atoms. The smallest absolute Gasteiger partial charge is 0.214 e. The molecule has 1 saturated carbocycles. The number of methoxy groups -OCH3 is 1. The predicted molar refractivity (Wildman–Crippen MR) is 62.7 cm³/mol. The predicted octanol–water partition coefficient (Wildman–Crippen LogP) is 1.23. The molecule has 94 valence electrons. The third kappa shape index (κ3) is 2.76. The molecule has 0 aromatic carbocycles. The third-order valence-electron chi connectivity index (χ3n) is 3.76. The first-order chi connectivity index (χ1) is 7.62. The first-order valence-electron chi connectivity index (χ1n) is 6.12. The molecule has 0 amide bonds. The van der Waals surface area contributed by atoms with E-state index in [4.69, 9.17) is 4.74 Å². The van der Waals surface area contributed by atoms with E-state index in [-0.39, 0.29) is 6.10 Å². The molecule has 0 bridgehead atoms. The lowest BCUT2D eigenvalue weighted by molar-refractivity contribution is 0.115. The van der Waals surface area contributed by atoms with Crippen molar-refractivity contribution in [2.75, 3.05) is 26.0 Å². The lowest BCUT2D eigenvalue weighted by atomic mass is 10.1. The maximum atomic E-state index is 12.1. The van der Waals surface area contributed by atoms with E-state index in [2.05, 4.69) is 0 Å². The molecule has 2 aliphatic rings. The van der Waals surface area contributed by atoms with Crippen LogP contribution in [-0.2, 0) is 14.8 Å². The molecule has 1 atom stereocenters. The van der Waals surface area contributed by atoms with Crippen LogP contribution in [0.1, 0.15) is 32.1 Å². The molecule has 1 aliphatic heterocycles. The molecule has 4 nitrogen and oxygen atoms in total. The number of hydrogen-bond acceptors (Lipinski definition) is 3. The minimum absolute atomic E-state index is 0.0957. The minimum atomic E-state index is -3.03. The Morgan fingerprint density at radius 2 is 1.94 bits per heavy atom. The molecule has 1 aliphatic carbocycles.